The number of aromatic nitrogens is 2. The van der Waals surface area contributed by atoms with E-state index in [4.69, 9.17) is 4.52 Å². The molecule has 8 heteroatoms. The fourth-order valence-electron chi connectivity index (χ4n) is 1.93. The lowest BCUT2D eigenvalue weighted by Gasteiger charge is -2.33. The van der Waals surface area contributed by atoms with E-state index in [2.05, 4.69) is 15.5 Å². The van der Waals surface area contributed by atoms with E-state index in [1.165, 1.54) is 4.90 Å². The Morgan fingerprint density at radius 3 is 2.72 bits per heavy atom. The molecule has 0 radical (unpaired) electrons. The topological polar surface area (TPSA) is 54.2 Å². The zero-order valence-electron chi connectivity index (χ0n) is 10.2. The molecule has 0 unspecified atom stereocenters. The monoisotopic (exact) mass is 264 g/mol. The highest BCUT2D eigenvalue weighted by atomic mass is 19.3. The number of rotatable bonds is 3. The molecule has 0 aromatic carbocycles. The third-order valence-electron chi connectivity index (χ3n) is 2.99. The van der Waals surface area contributed by atoms with Crippen LogP contribution in [0.2, 0.25) is 0 Å². The van der Waals surface area contributed by atoms with E-state index in [1.54, 1.807) is 7.05 Å². The number of anilines is 1. The normalized spacial score (nSPS) is 25.5. The Balaban J connectivity index is 2.07. The van der Waals surface area contributed by atoms with E-state index in [0.29, 0.717) is 19.9 Å². The minimum absolute atomic E-state index is 0.0521. The maximum Gasteiger partial charge on any atom is 0.324 e. The summed E-state index contributed by atoms with van der Waals surface area (Å²) in [5, 5.41) is 6.08. The van der Waals surface area contributed by atoms with Gasteiger partial charge >= 0.3 is 11.9 Å². The smallest absolute Gasteiger partial charge is 0.321 e. The Morgan fingerprint density at radius 2 is 2.22 bits per heavy atom. The fraction of sp³-hybridized carbons (Fsp3) is 0.800. The predicted octanol–water partition coefficient (Wildman–Crippen LogP) is 1.32. The van der Waals surface area contributed by atoms with Crippen molar-refractivity contribution in [2.75, 3.05) is 25.0 Å². The van der Waals surface area contributed by atoms with E-state index >= 15 is 0 Å². The molecular weight excluding hydrogens is 249 g/mol. The van der Waals surface area contributed by atoms with Crippen molar-refractivity contribution in [2.24, 2.45) is 0 Å². The Morgan fingerprint density at radius 1 is 1.50 bits per heavy atom. The molecule has 0 bridgehead atoms. The molecule has 1 aliphatic heterocycles. The first kappa shape index (κ1) is 13.1. The molecule has 1 aromatic heterocycles. The van der Waals surface area contributed by atoms with Crippen LogP contribution in [0.25, 0.3) is 0 Å². The Labute approximate surface area is 102 Å². The molecule has 1 aromatic rings. The summed E-state index contributed by atoms with van der Waals surface area (Å²) in [6, 6.07) is -0.278. The van der Waals surface area contributed by atoms with Crippen molar-refractivity contribution >= 4 is 6.01 Å². The summed E-state index contributed by atoms with van der Waals surface area (Å²) in [5.41, 5.74) is 0. The summed E-state index contributed by atoms with van der Waals surface area (Å²) >= 11 is 0. The second-order valence-electron chi connectivity index (χ2n) is 4.43. The standard InChI is InChI=1S/C10H15F3N4O/c1-10(12,13)8-15-9(18-16-8)17-4-3-7(14-2)6(11)5-17/h6-7,14H,3-5H2,1-2H3/t6-,7+/m0/s1. The Bertz CT molecular complexity index is 406. The molecule has 0 saturated carbocycles. The molecule has 1 saturated heterocycles. The summed E-state index contributed by atoms with van der Waals surface area (Å²) in [6.45, 7) is 1.23. The van der Waals surface area contributed by atoms with Crippen molar-refractivity contribution in [3.8, 4) is 0 Å². The minimum Gasteiger partial charge on any atom is -0.321 e. The maximum atomic E-state index is 13.7. The molecule has 2 rings (SSSR count). The van der Waals surface area contributed by atoms with E-state index < -0.39 is 17.9 Å². The maximum absolute atomic E-state index is 13.7. The zero-order valence-corrected chi connectivity index (χ0v) is 10.2. The molecule has 2 atom stereocenters. The quantitative estimate of drug-likeness (QED) is 0.892. The van der Waals surface area contributed by atoms with Crippen LogP contribution >= 0.6 is 0 Å². The highest BCUT2D eigenvalue weighted by Gasteiger charge is 2.34. The van der Waals surface area contributed by atoms with Crippen LogP contribution in [0.1, 0.15) is 19.2 Å². The van der Waals surface area contributed by atoms with E-state index in [-0.39, 0.29) is 18.6 Å². The molecule has 18 heavy (non-hydrogen) atoms. The van der Waals surface area contributed by atoms with Gasteiger partial charge in [0.2, 0.25) is 5.82 Å². The summed E-state index contributed by atoms with van der Waals surface area (Å²) in [7, 11) is 1.69. The van der Waals surface area contributed by atoms with Crippen LogP contribution in [0, 0.1) is 0 Å². The minimum atomic E-state index is -3.15. The molecule has 1 N–H and O–H groups in total. The zero-order chi connectivity index (χ0) is 13.3. The number of hydrogen-bond donors (Lipinski definition) is 1. The lowest BCUT2D eigenvalue weighted by Crippen LogP contribution is -2.50. The predicted molar refractivity (Wildman–Crippen MR) is 58.4 cm³/mol. The number of hydrogen-bond acceptors (Lipinski definition) is 5. The van der Waals surface area contributed by atoms with Gasteiger partial charge in [0.25, 0.3) is 0 Å². The van der Waals surface area contributed by atoms with Crippen molar-refractivity contribution in [3.05, 3.63) is 5.82 Å². The number of nitrogens with zero attached hydrogens (tertiary/aromatic N) is 3. The first-order valence-corrected chi connectivity index (χ1v) is 5.70. The number of halogens is 3. The van der Waals surface area contributed by atoms with Gasteiger partial charge in [-0.1, -0.05) is 5.16 Å². The van der Waals surface area contributed by atoms with Crippen LogP contribution in [0.4, 0.5) is 19.2 Å². The molecule has 2 heterocycles. The van der Waals surface area contributed by atoms with E-state index in [9.17, 15) is 13.2 Å². The van der Waals surface area contributed by atoms with Gasteiger partial charge in [0, 0.05) is 19.5 Å². The largest absolute Gasteiger partial charge is 0.324 e. The number of piperidine rings is 1. The average Bonchev–Trinajstić information content (AvgIpc) is 2.77. The molecule has 102 valence electrons. The molecule has 0 aliphatic carbocycles. The second kappa shape index (κ2) is 4.75. The Hall–Kier alpha value is -1.31. The van der Waals surface area contributed by atoms with Crippen molar-refractivity contribution in [1.29, 1.82) is 0 Å². The highest BCUT2D eigenvalue weighted by Crippen LogP contribution is 2.27. The molecular formula is C10H15F3N4O. The summed E-state index contributed by atoms with van der Waals surface area (Å²) in [4.78, 5) is 5.09. The van der Waals surface area contributed by atoms with Crippen LogP contribution in [-0.4, -0.2) is 42.5 Å². The number of nitrogens with one attached hydrogen (secondary N) is 1. The summed E-state index contributed by atoms with van der Waals surface area (Å²) in [5.74, 6) is -3.83. The first-order chi connectivity index (χ1) is 8.41. The fourth-order valence-corrected chi connectivity index (χ4v) is 1.93. The lowest BCUT2D eigenvalue weighted by atomic mass is 10.0. The van der Waals surface area contributed by atoms with Gasteiger partial charge in [0.05, 0.1) is 6.54 Å². The highest BCUT2D eigenvalue weighted by molar-refractivity contribution is 5.27. The second-order valence-corrected chi connectivity index (χ2v) is 4.43. The number of alkyl halides is 3. The van der Waals surface area contributed by atoms with Gasteiger partial charge in [-0.3, -0.25) is 0 Å². The SMILES string of the molecule is CN[C@@H]1CCN(c2nc(C(C)(F)F)no2)C[C@@H]1F. The van der Waals surface area contributed by atoms with Crippen molar-refractivity contribution in [3.63, 3.8) is 0 Å². The van der Waals surface area contributed by atoms with Crippen LogP contribution < -0.4 is 10.2 Å². The van der Waals surface area contributed by atoms with Gasteiger partial charge in [-0.25, -0.2) is 4.39 Å². The third-order valence-corrected chi connectivity index (χ3v) is 2.99. The van der Waals surface area contributed by atoms with Crippen LogP contribution in [-0.2, 0) is 5.92 Å². The van der Waals surface area contributed by atoms with Gasteiger partial charge in [-0.15, -0.1) is 0 Å². The molecule has 5 nitrogen and oxygen atoms in total. The molecule has 0 amide bonds. The van der Waals surface area contributed by atoms with Crippen molar-refractivity contribution in [2.45, 2.75) is 31.5 Å². The molecule has 0 spiro atoms. The van der Waals surface area contributed by atoms with Crippen LogP contribution in [0.5, 0.6) is 0 Å². The third kappa shape index (κ3) is 2.58. The van der Waals surface area contributed by atoms with E-state index in [1.807, 2.05) is 0 Å². The van der Waals surface area contributed by atoms with Gasteiger partial charge in [0.15, 0.2) is 0 Å². The summed E-state index contributed by atoms with van der Waals surface area (Å²) < 4.78 is 44.3. The van der Waals surface area contributed by atoms with Crippen LogP contribution in [0.15, 0.2) is 4.52 Å². The van der Waals surface area contributed by atoms with Crippen LogP contribution in [0.3, 0.4) is 0 Å². The van der Waals surface area contributed by atoms with Gasteiger partial charge < -0.3 is 14.7 Å². The average molecular weight is 264 g/mol. The first-order valence-electron chi connectivity index (χ1n) is 5.70. The van der Waals surface area contributed by atoms with Crippen molar-refractivity contribution < 1.29 is 17.7 Å². The van der Waals surface area contributed by atoms with E-state index in [0.717, 1.165) is 0 Å². The molecule has 1 aliphatic rings. The summed E-state index contributed by atoms with van der Waals surface area (Å²) in [6.07, 6.45) is -0.543. The molecule has 1 fully saturated rings. The lowest BCUT2D eigenvalue weighted by molar-refractivity contribution is 0.00559. The van der Waals surface area contributed by atoms with Crippen molar-refractivity contribution in [1.82, 2.24) is 15.5 Å². The van der Waals surface area contributed by atoms with Gasteiger partial charge in [-0.05, 0) is 13.5 Å². The Kier molecular flexibility index (Phi) is 3.47. The van der Waals surface area contributed by atoms with Gasteiger partial charge in [-0.2, -0.15) is 13.8 Å². The van der Waals surface area contributed by atoms with Gasteiger partial charge in [0.1, 0.15) is 6.17 Å².